The number of imidazole rings is 1. The van der Waals surface area contributed by atoms with Crippen LogP contribution in [-0.4, -0.2) is 42.1 Å². The van der Waals surface area contributed by atoms with Gasteiger partial charge in [-0.15, -0.1) is 0 Å². The predicted molar refractivity (Wildman–Crippen MR) is 136 cm³/mol. The third kappa shape index (κ3) is 3.60. The van der Waals surface area contributed by atoms with Gasteiger partial charge in [0.05, 0.1) is 6.04 Å². The van der Waals surface area contributed by atoms with Crippen LogP contribution in [0.3, 0.4) is 0 Å². The predicted octanol–water partition coefficient (Wildman–Crippen LogP) is 3.78. The number of amides is 2. The molecule has 3 atom stereocenters. The fourth-order valence-electron chi connectivity index (χ4n) is 5.21. The van der Waals surface area contributed by atoms with Crippen LogP contribution in [0.5, 0.6) is 0 Å². The summed E-state index contributed by atoms with van der Waals surface area (Å²) in [7, 11) is 0. The Kier molecular flexibility index (Phi) is 5.06. The molecular formula is C27H25N7O2. The molecule has 2 aliphatic rings. The number of piperidine rings is 1. The first-order valence-electron chi connectivity index (χ1n) is 11.9. The second-order valence-electron chi connectivity index (χ2n) is 9.36. The lowest BCUT2D eigenvalue weighted by molar-refractivity contribution is -0.128. The van der Waals surface area contributed by atoms with Gasteiger partial charge in [-0.2, -0.15) is 0 Å². The number of aromatic nitrogens is 4. The smallest absolute Gasteiger partial charge is 0.256 e. The van der Waals surface area contributed by atoms with E-state index in [4.69, 9.17) is 10.7 Å². The van der Waals surface area contributed by atoms with E-state index in [0.29, 0.717) is 34.3 Å². The first-order valence-corrected chi connectivity index (χ1v) is 11.9. The molecule has 3 aromatic heterocycles. The fourth-order valence-corrected chi connectivity index (χ4v) is 5.21. The van der Waals surface area contributed by atoms with Crippen LogP contribution in [0.25, 0.3) is 16.8 Å². The van der Waals surface area contributed by atoms with E-state index in [-0.39, 0.29) is 23.9 Å². The number of nitrogens with one attached hydrogen (secondary N) is 1. The van der Waals surface area contributed by atoms with Crippen molar-refractivity contribution in [2.45, 2.75) is 31.8 Å². The first-order chi connectivity index (χ1) is 17.4. The van der Waals surface area contributed by atoms with E-state index in [0.717, 1.165) is 29.8 Å². The number of hydrogen-bond acceptors (Lipinski definition) is 6. The summed E-state index contributed by atoms with van der Waals surface area (Å²) in [6.07, 6.45) is 8.38. The highest BCUT2D eigenvalue weighted by molar-refractivity contribution is 6.04. The van der Waals surface area contributed by atoms with Crippen LogP contribution in [-0.2, 0) is 4.79 Å². The van der Waals surface area contributed by atoms with E-state index in [1.54, 1.807) is 24.5 Å². The number of nitrogen functional groups attached to an aromatic ring is 1. The Labute approximate surface area is 207 Å². The topological polar surface area (TPSA) is 119 Å². The van der Waals surface area contributed by atoms with Gasteiger partial charge in [-0.25, -0.2) is 15.0 Å². The molecular weight excluding hydrogens is 454 g/mol. The van der Waals surface area contributed by atoms with Gasteiger partial charge in [0.15, 0.2) is 0 Å². The van der Waals surface area contributed by atoms with E-state index >= 15 is 0 Å². The quantitative estimate of drug-likeness (QED) is 0.421. The highest BCUT2D eigenvalue weighted by atomic mass is 16.2. The molecule has 36 heavy (non-hydrogen) atoms. The van der Waals surface area contributed by atoms with Crippen molar-refractivity contribution in [3.8, 4) is 11.3 Å². The molecule has 180 valence electrons. The summed E-state index contributed by atoms with van der Waals surface area (Å²) in [6.45, 7) is 5.63. The molecule has 3 N–H and O–H groups in total. The minimum atomic E-state index is -0.250. The van der Waals surface area contributed by atoms with Crippen molar-refractivity contribution in [2.24, 2.45) is 5.92 Å². The van der Waals surface area contributed by atoms with Gasteiger partial charge >= 0.3 is 0 Å². The zero-order valence-corrected chi connectivity index (χ0v) is 19.8. The number of pyridine rings is 1. The normalized spacial score (nSPS) is 20.2. The molecule has 0 spiro atoms. The van der Waals surface area contributed by atoms with Crippen LogP contribution in [0.1, 0.15) is 40.6 Å². The molecule has 2 fully saturated rings. The maximum atomic E-state index is 12.7. The van der Waals surface area contributed by atoms with Gasteiger partial charge in [-0.1, -0.05) is 18.7 Å². The number of likely N-dealkylation sites (tertiary alicyclic amines) is 1. The van der Waals surface area contributed by atoms with Crippen LogP contribution >= 0.6 is 0 Å². The average Bonchev–Trinajstić information content (AvgIpc) is 3.36. The summed E-state index contributed by atoms with van der Waals surface area (Å²) in [5, 5.41) is 2.82. The lowest BCUT2D eigenvalue weighted by Crippen LogP contribution is -2.33. The summed E-state index contributed by atoms with van der Waals surface area (Å²) in [6, 6.07) is 11.0. The second-order valence-corrected chi connectivity index (χ2v) is 9.36. The number of fused-ring (bicyclic) bond motifs is 2. The summed E-state index contributed by atoms with van der Waals surface area (Å²) >= 11 is 0. The lowest BCUT2D eigenvalue weighted by atomic mass is 10.1. The van der Waals surface area contributed by atoms with Crippen molar-refractivity contribution in [3.05, 3.63) is 84.6 Å². The number of anilines is 2. The number of nitrogens with zero attached hydrogens (tertiary/aromatic N) is 5. The van der Waals surface area contributed by atoms with E-state index in [2.05, 4.69) is 21.9 Å². The number of benzene rings is 1. The van der Waals surface area contributed by atoms with Crippen LogP contribution < -0.4 is 11.1 Å². The molecule has 6 rings (SSSR count). The van der Waals surface area contributed by atoms with Crippen molar-refractivity contribution < 1.29 is 9.59 Å². The van der Waals surface area contributed by atoms with Crippen LogP contribution in [0.15, 0.2) is 67.6 Å². The highest BCUT2D eigenvalue weighted by Gasteiger charge is 2.55. The van der Waals surface area contributed by atoms with Gasteiger partial charge in [0.1, 0.15) is 28.7 Å². The second kappa shape index (κ2) is 8.30. The maximum Gasteiger partial charge on any atom is 0.256 e. The molecule has 9 heteroatoms. The third-order valence-corrected chi connectivity index (χ3v) is 7.02. The maximum absolute atomic E-state index is 12.7. The molecule has 9 nitrogen and oxygen atoms in total. The van der Waals surface area contributed by atoms with Gasteiger partial charge in [0, 0.05) is 35.8 Å². The molecule has 4 aromatic rings. The molecule has 1 saturated heterocycles. The lowest BCUT2D eigenvalue weighted by Gasteiger charge is -2.25. The van der Waals surface area contributed by atoms with Crippen molar-refractivity contribution in [2.75, 3.05) is 11.1 Å². The molecule has 2 amide bonds. The number of carbonyl (C=O) groups is 2. The Bertz CT molecular complexity index is 1530. The fraction of sp³-hybridized carbons (Fsp3) is 0.222. The Morgan fingerprint density at radius 2 is 1.94 bits per heavy atom. The highest BCUT2D eigenvalue weighted by Crippen LogP contribution is 2.53. The van der Waals surface area contributed by atoms with Gasteiger partial charge in [-0.3, -0.25) is 14.0 Å². The van der Waals surface area contributed by atoms with Crippen molar-refractivity contribution in [1.29, 1.82) is 0 Å². The molecule has 4 heterocycles. The number of nitrogens with two attached hydrogens (primary N) is 1. The number of aryl methyl sites for hydroxylation is 1. The Hall–Kier alpha value is -4.53. The molecule has 3 unspecified atom stereocenters. The van der Waals surface area contributed by atoms with Gasteiger partial charge in [-0.05, 0) is 61.6 Å². The Morgan fingerprint density at radius 3 is 2.69 bits per heavy atom. The molecule has 0 bridgehead atoms. The molecule has 1 aromatic carbocycles. The zero-order valence-electron chi connectivity index (χ0n) is 19.8. The Balaban J connectivity index is 1.35. The molecule has 0 radical (unpaired) electrons. The third-order valence-electron chi connectivity index (χ3n) is 7.02. The van der Waals surface area contributed by atoms with E-state index in [9.17, 15) is 9.59 Å². The zero-order chi connectivity index (χ0) is 25.0. The van der Waals surface area contributed by atoms with E-state index < -0.39 is 0 Å². The summed E-state index contributed by atoms with van der Waals surface area (Å²) in [5.74, 6) is 1.77. The Morgan fingerprint density at radius 1 is 1.14 bits per heavy atom. The molecule has 1 aliphatic carbocycles. The summed E-state index contributed by atoms with van der Waals surface area (Å²) in [5.41, 5.74) is 9.95. The van der Waals surface area contributed by atoms with Crippen molar-refractivity contribution >= 4 is 29.0 Å². The molecule has 1 saturated carbocycles. The SMILES string of the molecule is C=CC(=O)N1C(c2nc(-c3ccc(C(=O)Nc4cc(C)ccn4)cc3)c3c(N)nccn23)CC2CC21. The average molecular weight is 480 g/mol. The van der Waals surface area contributed by atoms with Gasteiger partial charge < -0.3 is 16.0 Å². The van der Waals surface area contributed by atoms with E-state index in [1.165, 1.54) is 6.08 Å². The number of rotatable bonds is 5. The van der Waals surface area contributed by atoms with Crippen molar-refractivity contribution in [1.82, 2.24) is 24.3 Å². The minimum absolute atomic E-state index is 0.0798. The first kappa shape index (κ1) is 22.0. The number of carbonyl (C=O) groups excluding carboxylic acids is 2. The monoisotopic (exact) mass is 479 g/mol. The van der Waals surface area contributed by atoms with Crippen molar-refractivity contribution in [3.63, 3.8) is 0 Å². The largest absolute Gasteiger partial charge is 0.382 e. The van der Waals surface area contributed by atoms with Crippen LogP contribution in [0.4, 0.5) is 11.6 Å². The standard InChI is InChI=1S/C27H25N7O2/c1-3-22(35)34-19-13-18(19)14-20(34)26-32-23(24-25(28)30-10-11-33(24)26)16-4-6-17(7-5-16)27(36)31-21-12-15(2)8-9-29-21/h3-12,18-20H,1,13-14H2,2H3,(H2,28,30)(H,29,31,36). The van der Waals surface area contributed by atoms with Gasteiger partial charge in [0.25, 0.3) is 5.91 Å². The summed E-state index contributed by atoms with van der Waals surface area (Å²) in [4.78, 5) is 40.7. The summed E-state index contributed by atoms with van der Waals surface area (Å²) < 4.78 is 1.93. The van der Waals surface area contributed by atoms with Crippen LogP contribution in [0, 0.1) is 12.8 Å². The van der Waals surface area contributed by atoms with E-state index in [1.807, 2.05) is 46.7 Å². The molecule has 1 aliphatic heterocycles. The minimum Gasteiger partial charge on any atom is -0.382 e. The van der Waals surface area contributed by atoms with Crippen LogP contribution in [0.2, 0.25) is 0 Å². The number of hydrogen-bond donors (Lipinski definition) is 2. The van der Waals surface area contributed by atoms with Gasteiger partial charge in [0.2, 0.25) is 5.91 Å².